The van der Waals surface area contributed by atoms with Crippen LogP contribution in [0.2, 0.25) is 0 Å². The molecule has 0 saturated carbocycles. The van der Waals surface area contributed by atoms with E-state index < -0.39 is 0 Å². The third kappa shape index (κ3) is 4.21. The van der Waals surface area contributed by atoms with Gasteiger partial charge in [-0.3, -0.25) is 9.69 Å². The third-order valence-electron chi connectivity index (χ3n) is 6.80. The number of hydrogen-bond donors (Lipinski definition) is 1. The van der Waals surface area contributed by atoms with Gasteiger partial charge in [0.05, 0.1) is 7.11 Å². The van der Waals surface area contributed by atoms with Crippen molar-refractivity contribution in [2.45, 2.75) is 44.5 Å². The average molecular weight is 460 g/mol. The minimum absolute atomic E-state index is 0.0939. The van der Waals surface area contributed by atoms with Crippen molar-refractivity contribution in [3.63, 3.8) is 0 Å². The molecule has 2 aliphatic rings. The van der Waals surface area contributed by atoms with Crippen molar-refractivity contribution < 1.29 is 24.1 Å². The molecule has 0 saturated heterocycles. The highest BCUT2D eigenvalue weighted by atomic mass is 16.6. The van der Waals surface area contributed by atoms with Gasteiger partial charge in [-0.2, -0.15) is 0 Å². The van der Waals surface area contributed by atoms with Crippen molar-refractivity contribution in [1.82, 2.24) is 4.90 Å². The number of carbonyl (C=O) groups excluding carboxylic acids is 1. The molecule has 176 valence electrons. The molecule has 2 heterocycles. The van der Waals surface area contributed by atoms with Crippen LogP contribution in [0.5, 0.6) is 17.2 Å². The van der Waals surface area contributed by atoms with Crippen molar-refractivity contribution in [2.75, 3.05) is 13.7 Å². The number of hydrogen-bond acceptors (Lipinski definition) is 6. The maximum atomic E-state index is 12.8. The SMILES string of the molecule is CCC(c1ccccc1)N1Cc2cc3c(cc2CC1C(=O)OC)OCC(c1ccc(O)cc1)O3. The van der Waals surface area contributed by atoms with Gasteiger partial charge < -0.3 is 19.3 Å². The highest BCUT2D eigenvalue weighted by molar-refractivity contribution is 5.77. The lowest BCUT2D eigenvalue weighted by molar-refractivity contribution is -0.149. The molecule has 2 aliphatic heterocycles. The molecule has 0 aromatic heterocycles. The largest absolute Gasteiger partial charge is 0.508 e. The molecule has 34 heavy (non-hydrogen) atoms. The van der Waals surface area contributed by atoms with Crippen LogP contribution >= 0.6 is 0 Å². The molecule has 3 aromatic carbocycles. The van der Waals surface area contributed by atoms with Gasteiger partial charge in [0.2, 0.25) is 0 Å². The molecular weight excluding hydrogens is 430 g/mol. The lowest BCUT2D eigenvalue weighted by Crippen LogP contribution is -2.47. The molecule has 3 aromatic rings. The number of aromatic hydroxyl groups is 1. The summed E-state index contributed by atoms with van der Waals surface area (Å²) in [5, 5.41) is 9.59. The van der Waals surface area contributed by atoms with E-state index in [2.05, 4.69) is 30.0 Å². The number of esters is 1. The zero-order valence-corrected chi connectivity index (χ0v) is 19.4. The molecular formula is C28H29NO5. The van der Waals surface area contributed by atoms with E-state index in [-0.39, 0.29) is 29.9 Å². The normalized spacial score (nSPS) is 20.3. The quantitative estimate of drug-likeness (QED) is 0.544. The predicted molar refractivity (Wildman–Crippen MR) is 128 cm³/mol. The molecule has 0 fully saturated rings. The number of methoxy groups -OCH3 is 1. The molecule has 6 nitrogen and oxygen atoms in total. The van der Waals surface area contributed by atoms with Gasteiger partial charge in [-0.25, -0.2) is 0 Å². The number of nitrogens with zero attached hydrogens (tertiary/aromatic N) is 1. The first-order valence-electron chi connectivity index (χ1n) is 11.7. The van der Waals surface area contributed by atoms with E-state index in [1.165, 1.54) is 12.7 Å². The topological polar surface area (TPSA) is 68.2 Å². The lowest BCUT2D eigenvalue weighted by atomic mass is 9.89. The molecule has 0 spiro atoms. The van der Waals surface area contributed by atoms with Gasteiger partial charge in [0.25, 0.3) is 0 Å². The standard InChI is InChI=1S/C28H29NO5/c1-3-23(18-7-5-4-6-8-18)29-16-21-15-26-25(14-20(21)13-24(29)28(31)32-2)33-17-27(34-26)19-9-11-22(30)12-10-19/h4-12,14-15,23-24,27,30H,3,13,16-17H2,1-2H3. The minimum atomic E-state index is -0.366. The average Bonchev–Trinajstić information content (AvgIpc) is 2.88. The van der Waals surface area contributed by atoms with Crippen LogP contribution < -0.4 is 9.47 Å². The van der Waals surface area contributed by atoms with Crippen LogP contribution in [-0.2, 0) is 22.5 Å². The second-order valence-corrected chi connectivity index (χ2v) is 8.83. The van der Waals surface area contributed by atoms with Gasteiger partial charge in [0.1, 0.15) is 18.4 Å². The Balaban J connectivity index is 1.47. The molecule has 0 aliphatic carbocycles. The van der Waals surface area contributed by atoms with E-state index >= 15 is 0 Å². The van der Waals surface area contributed by atoms with Crippen LogP contribution in [0.1, 0.15) is 47.7 Å². The monoisotopic (exact) mass is 459 g/mol. The number of carbonyl (C=O) groups is 1. The summed E-state index contributed by atoms with van der Waals surface area (Å²) in [7, 11) is 1.45. The Morgan fingerprint density at radius 2 is 1.82 bits per heavy atom. The number of benzene rings is 3. The lowest BCUT2D eigenvalue weighted by Gasteiger charge is -2.41. The maximum absolute atomic E-state index is 12.8. The van der Waals surface area contributed by atoms with Crippen molar-refractivity contribution in [1.29, 1.82) is 0 Å². The first kappa shape index (κ1) is 22.3. The smallest absolute Gasteiger partial charge is 0.323 e. The fourth-order valence-electron chi connectivity index (χ4n) is 5.04. The molecule has 3 atom stereocenters. The predicted octanol–water partition coefficient (Wildman–Crippen LogP) is 4.96. The van der Waals surface area contributed by atoms with E-state index in [0.29, 0.717) is 31.1 Å². The van der Waals surface area contributed by atoms with Crippen molar-refractivity contribution in [3.05, 3.63) is 89.0 Å². The number of phenols is 1. The summed E-state index contributed by atoms with van der Waals surface area (Å²) in [6, 6.07) is 21.1. The molecule has 0 amide bonds. The fraction of sp³-hybridized carbons (Fsp3) is 0.321. The molecule has 3 unspecified atom stereocenters. The number of fused-ring (bicyclic) bond motifs is 2. The van der Waals surface area contributed by atoms with Crippen LogP contribution in [0.4, 0.5) is 0 Å². The first-order chi connectivity index (χ1) is 16.6. The Kier molecular flexibility index (Phi) is 6.16. The van der Waals surface area contributed by atoms with E-state index in [9.17, 15) is 9.90 Å². The van der Waals surface area contributed by atoms with Gasteiger partial charge in [-0.05, 0) is 59.4 Å². The van der Waals surface area contributed by atoms with Gasteiger partial charge in [-0.15, -0.1) is 0 Å². The number of ether oxygens (including phenoxy) is 3. The summed E-state index contributed by atoms with van der Waals surface area (Å²) in [6.07, 6.45) is 1.19. The van der Waals surface area contributed by atoms with Crippen molar-refractivity contribution in [2.24, 2.45) is 0 Å². The van der Waals surface area contributed by atoms with Crippen LogP contribution in [0, 0.1) is 0 Å². The summed E-state index contributed by atoms with van der Waals surface area (Å²) in [5.74, 6) is 1.40. The van der Waals surface area contributed by atoms with E-state index in [0.717, 1.165) is 23.1 Å². The molecule has 0 bridgehead atoms. The zero-order chi connectivity index (χ0) is 23.7. The summed E-state index contributed by atoms with van der Waals surface area (Å²) in [4.78, 5) is 15.1. The highest BCUT2D eigenvalue weighted by Crippen LogP contribution is 2.42. The van der Waals surface area contributed by atoms with Gasteiger partial charge in [0, 0.05) is 12.6 Å². The summed E-state index contributed by atoms with van der Waals surface area (Å²) in [6.45, 7) is 3.14. The van der Waals surface area contributed by atoms with E-state index in [4.69, 9.17) is 14.2 Å². The van der Waals surface area contributed by atoms with Gasteiger partial charge in [0.15, 0.2) is 17.6 Å². The number of phenolic OH excluding ortho intramolecular Hbond substituents is 1. The Bertz CT molecular complexity index is 1160. The minimum Gasteiger partial charge on any atom is -0.508 e. The third-order valence-corrected chi connectivity index (χ3v) is 6.80. The highest BCUT2D eigenvalue weighted by Gasteiger charge is 2.38. The van der Waals surface area contributed by atoms with E-state index in [1.54, 1.807) is 12.1 Å². The van der Waals surface area contributed by atoms with Crippen LogP contribution in [0.25, 0.3) is 0 Å². The number of rotatable bonds is 5. The van der Waals surface area contributed by atoms with Crippen molar-refractivity contribution in [3.8, 4) is 17.2 Å². The van der Waals surface area contributed by atoms with Gasteiger partial charge >= 0.3 is 5.97 Å². The Morgan fingerprint density at radius 1 is 1.09 bits per heavy atom. The van der Waals surface area contributed by atoms with Crippen LogP contribution in [0.3, 0.4) is 0 Å². The van der Waals surface area contributed by atoms with Crippen molar-refractivity contribution >= 4 is 5.97 Å². The summed E-state index contributed by atoms with van der Waals surface area (Å²) < 4.78 is 17.6. The molecule has 6 heteroatoms. The Morgan fingerprint density at radius 3 is 2.53 bits per heavy atom. The summed E-state index contributed by atoms with van der Waals surface area (Å²) in [5.41, 5.74) is 4.35. The second-order valence-electron chi connectivity index (χ2n) is 8.83. The van der Waals surface area contributed by atoms with Crippen LogP contribution in [-0.4, -0.2) is 35.7 Å². The fourth-order valence-corrected chi connectivity index (χ4v) is 5.04. The molecule has 1 N–H and O–H groups in total. The molecule has 0 radical (unpaired) electrons. The zero-order valence-electron chi connectivity index (χ0n) is 19.4. The second kappa shape index (κ2) is 9.39. The van der Waals surface area contributed by atoms with E-state index in [1.807, 2.05) is 36.4 Å². The molecule has 5 rings (SSSR count). The maximum Gasteiger partial charge on any atom is 0.323 e. The van der Waals surface area contributed by atoms with Crippen LogP contribution in [0.15, 0.2) is 66.7 Å². The Labute approximate surface area is 199 Å². The first-order valence-corrected chi connectivity index (χ1v) is 11.7. The van der Waals surface area contributed by atoms with Gasteiger partial charge in [-0.1, -0.05) is 49.4 Å². The summed E-state index contributed by atoms with van der Waals surface area (Å²) >= 11 is 0. The Hall–Kier alpha value is -3.51.